The number of halogens is 1. The maximum Gasteiger partial charge on any atom is 0.325 e. The van der Waals surface area contributed by atoms with Gasteiger partial charge in [0.1, 0.15) is 23.9 Å². The maximum atomic E-state index is 12.8. The molecule has 0 spiro atoms. The zero-order chi connectivity index (χ0) is 18.4. The maximum absolute atomic E-state index is 12.8. The molecular formula is C17H15FN4O3S. The van der Waals surface area contributed by atoms with E-state index in [1.54, 1.807) is 24.3 Å². The third-order valence-corrected chi connectivity index (χ3v) is 4.03. The van der Waals surface area contributed by atoms with E-state index >= 15 is 0 Å². The van der Waals surface area contributed by atoms with Gasteiger partial charge in [-0.25, -0.2) is 9.18 Å². The van der Waals surface area contributed by atoms with Crippen LogP contribution < -0.4 is 20.1 Å². The molecule has 0 radical (unpaired) electrons. The Morgan fingerprint density at radius 3 is 2.65 bits per heavy atom. The summed E-state index contributed by atoms with van der Waals surface area (Å²) in [6.45, 7) is 0.166. The van der Waals surface area contributed by atoms with Crippen molar-refractivity contribution in [2.24, 2.45) is 0 Å². The summed E-state index contributed by atoms with van der Waals surface area (Å²) in [5.41, 5.74) is 0.539. The molecule has 7 nitrogen and oxygen atoms in total. The third kappa shape index (κ3) is 4.67. The molecule has 0 saturated carbocycles. The summed E-state index contributed by atoms with van der Waals surface area (Å²) >= 11 is 1.18. The lowest BCUT2D eigenvalue weighted by Gasteiger charge is -2.09. The average molecular weight is 374 g/mol. The second-order valence-electron chi connectivity index (χ2n) is 5.02. The van der Waals surface area contributed by atoms with Gasteiger partial charge < -0.3 is 14.8 Å². The minimum Gasteiger partial charge on any atom is -0.495 e. The molecule has 1 heterocycles. The highest BCUT2D eigenvalue weighted by atomic mass is 32.1. The highest BCUT2D eigenvalue weighted by Crippen LogP contribution is 2.24. The van der Waals surface area contributed by atoms with Crippen molar-refractivity contribution < 1.29 is 18.7 Å². The molecule has 0 unspecified atom stereocenters. The molecule has 2 amide bonds. The van der Waals surface area contributed by atoms with Gasteiger partial charge in [0.2, 0.25) is 5.13 Å². The number of rotatable bonds is 6. The van der Waals surface area contributed by atoms with Crippen LogP contribution in [0.25, 0.3) is 0 Å². The Hall–Kier alpha value is -3.20. The van der Waals surface area contributed by atoms with E-state index in [-0.39, 0.29) is 12.4 Å². The van der Waals surface area contributed by atoms with Crippen molar-refractivity contribution in [3.63, 3.8) is 0 Å². The zero-order valence-corrected chi connectivity index (χ0v) is 14.5. The number of carbonyl (C=O) groups is 1. The first-order chi connectivity index (χ1) is 12.6. The van der Waals surface area contributed by atoms with E-state index in [0.717, 1.165) is 0 Å². The van der Waals surface area contributed by atoms with Crippen molar-refractivity contribution in [2.75, 3.05) is 17.7 Å². The average Bonchev–Trinajstić information content (AvgIpc) is 3.09. The number of hydrogen-bond acceptors (Lipinski definition) is 6. The normalized spacial score (nSPS) is 10.2. The molecule has 2 N–H and O–H groups in total. The lowest BCUT2D eigenvalue weighted by molar-refractivity contribution is 0.262. The fraction of sp³-hybridized carbons (Fsp3) is 0.118. The molecule has 0 aliphatic heterocycles. The minimum absolute atomic E-state index is 0.166. The van der Waals surface area contributed by atoms with Crippen molar-refractivity contribution in [1.82, 2.24) is 10.2 Å². The molecule has 0 atom stereocenters. The van der Waals surface area contributed by atoms with Gasteiger partial charge in [-0.2, -0.15) is 0 Å². The Labute approximate surface area is 152 Å². The molecule has 1 aromatic heterocycles. The van der Waals surface area contributed by atoms with E-state index < -0.39 is 6.03 Å². The number of hydrogen-bond donors (Lipinski definition) is 2. The van der Waals surface area contributed by atoms with Crippen LogP contribution in [0.3, 0.4) is 0 Å². The lowest BCUT2D eigenvalue weighted by Crippen LogP contribution is -2.19. The Morgan fingerprint density at radius 1 is 1.12 bits per heavy atom. The number of methoxy groups -OCH3 is 1. The van der Waals surface area contributed by atoms with Gasteiger partial charge in [0, 0.05) is 0 Å². The van der Waals surface area contributed by atoms with Gasteiger partial charge in [-0.05, 0) is 36.4 Å². The smallest absolute Gasteiger partial charge is 0.325 e. The first kappa shape index (κ1) is 17.6. The van der Waals surface area contributed by atoms with Gasteiger partial charge >= 0.3 is 6.03 Å². The van der Waals surface area contributed by atoms with E-state index in [2.05, 4.69) is 20.8 Å². The molecule has 0 aliphatic carbocycles. The summed E-state index contributed by atoms with van der Waals surface area (Å²) in [7, 11) is 1.52. The standard InChI is InChI=1S/C17H15FN4O3S/c1-24-14-5-3-2-4-13(14)19-16(23)20-17-22-21-15(26-17)10-25-12-8-6-11(18)7-9-12/h2-9H,10H2,1H3,(H2,19,20,22,23). The molecule has 9 heteroatoms. The Kier molecular flexibility index (Phi) is 5.59. The molecule has 3 aromatic rings. The molecule has 0 aliphatic rings. The van der Waals surface area contributed by atoms with Gasteiger partial charge in [0.05, 0.1) is 12.8 Å². The fourth-order valence-corrected chi connectivity index (χ4v) is 2.68. The second-order valence-corrected chi connectivity index (χ2v) is 6.09. The molecule has 26 heavy (non-hydrogen) atoms. The lowest BCUT2D eigenvalue weighted by atomic mass is 10.3. The largest absolute Gasteiger partial charge is 0.495 e. The van der Waals surface area contributed by atoms with Crippen LogP contribution in [0.5, 0.6) is 11.5 Å². The monoisotopic (exact) mass is 374 g/mol. The van der Waals surface area contributed by atoms with E-state index in [4.69, 9.17) is 9.47 Å². The van der Waals surface area contributed by atoms with Gasteiger partial charge in [-0.1, -0.05) is 23.5 Å². The molecule has 2 aromatic carbocycles. The van der Waals surface area contributed by atoms with E-state index in [1.165, 1.54) is 42.7 Å². The van der Waals surface area contributed by atoms with Crippen molar-refractivity contribution in [2.45, 2.75) is 6.61 Å². The number of para-hydroxylation sites is 2. The summed E-state index contributed by atoms with van der Waals surface area (Å²) in [4.78, 5) is 12.1. The van der Waals surface area contributed by atoms with Gasteiger partial charge in [0.25, 0.3) is 0 Å². The van der Waals surface area contributed by atoms with Crippen LogP contribution in [0.2, 0.25) is 0 Å². The summed E-state index contributed by atoms with van der Waals surface area (Å²) in [5.74, 6) is 0.735. The van der Waals surface area contributed by atoms with Crippen molar-refractivity contribution in [3.8, 4) is 11.5 Å². The molecular weight excluding hydrogens is 359 g/mol. The molecule has 0 bridgehead atoms. The van der Waals surface area contributed by atoms with Crippen LogP contribution in [-0.4, -0.2) is 23.3 Å². The van der Waals surface area contributed by atoms with Gasteiger partial charge in [-0.3, -0.25) is 5.32 Å². The summed E-state index contributed by atoms with van der Waals surface area (Å²) in [6, 6.07) is 12.3. The van der Waals surface area contributed by atoms with E-state index in [9.17, 15) is 9.18 Å². The predicted molar refractivity (Wildman–Crippen MR) is 96.3 cm³/mol. The Morgan fingerprint density at radius 2 is 1.88 bits per heavy atom. The van der Waals surface area contributed by atoms with Crippen LogP contribution >= 0.6 is 11.3 Å². The van der Waals surface area contributed by atoms with Crippen molar-refractivity contribution >= 4 is 28.2 Å². The summed E-state index contributed by atoms with van der Waals surface area (Å²) in [6.07, 6.45) is 0. The van der Waals surface area contributed by atoms with Gasteiger partial charge in [0.15, 0.2) is 5.01 Å². The number of carbonyl (C=O) groups excluding carboxylic acids is 1. The van der Waals surface area contributed by atoms with E-state index in [1.807, 2.05) is 0 Å². The Balaban J connectivity index is 1.54. The van der Waals surface area contributed by atoms with E-state index in [0.29, 0.717) is 27.3 Å². The van der Waals surface area contributed by atoms with Gasteiger partial charge in [-0.15, -0.1) is 10.2 Å². The quantitative estimate of drug-likeness (QED) is 0.683. The number of amides is 2. The predicted octanol–water partition coefficient (Wildman–Crippen LogP) is 3.91. The fourth-order valence-electron chi connectivity index (χ4n) is 2.04. The number of nitrogens with one attached hydrogen (secondary N) is 2. The van der Waals surface area contributed by atoms with Crippen LogP contribution in [0.1, 0.15) is 5.01 Å². The van der Waals surface area contributed by atoms with Crippen LogP contribution in [0, 0.1) is 5.82 Å². The summed E-state index contributed by atoms with van der Waals surface area (Å²) < 4.78 is 23.5. The third-order valence-electron chi connectivity index (χ3n) is 3.22. The highest BCUT2D eigenvalue weighted by molar-refractivity contribution is 7.15. The first-order valence-electron chi connectivity index (χ1n) is 7.56. The summed E-state index contributed by atoms with van der Waals surface area (Å²) in [5, 5.41) is 14.0. The van der Waals surface area contributed by atoms with Crippen molar-refractivity contribution in [3.05, 3.63) is 59.4 Å². The minimum atomic E-state index is -0.461. The number of aromatic nitrogens is 2. The number of ether oxygens (including phenoxy) is 2. The van der Waals surface area contributed by atoms with Crippen LogP contribution in [0.4, 0.5) is 20.0 Å². The van der Waals surface area contributed by atoms with Crippen molar-refractivity contribution in [1.29, 1.82) is 0 Å². The van der Waals surface area contributed by atoms with Crippen LogP contribution in [-0.2, 0) is 6.61 Å². The molecule has 134 valence electrons. The molecule has 0 saturated heterocycles. The van der Waals surface area contributed by atoms with Crippen LogP contribution in [0.15, 0.2) is 48.5 Å². The highest BCUT2D eigenvalue weighted by Gasteiger charge is 2.11. The number of anilines is 2. The SMILES string of the molecule is COc1ccccc1NC(=O)Nc1nnc(COc2ccc(F)cc2)s1. The zero-order valence-electron chi connectivity index (χ0n) is 13.7. The number of urea groups is 1. The number of benzene rings is 2. The second kappa shape index (κ2) is 8.26. The number of nitrogens with zero attached hydrogens (tertiary/aromatic N) is 2. The first-order valence-corrected chi connectivity index (χ1v) is 8.37. The molecule has 0 fully saturated rings. The Bertz CT molecular complexity index is 886. The topological polar surface area (TPSA) is 85.4 Å². The molecule has 3 rings (SSSR count).